The highest BCUT2D eigenvalue weighted by molar-refractivity contribution is 5.22. The van der Waals surface area contributed by atoms with E-state index >= 15 is 0 Å². The Labute approximate surface area is 92.1 Å². The van der Waals surface area contributed by atoms with Crippen molar-refractivity contribution in [3.8, 4) is 0 Å². The minimum absolute atomic E-state index is 0.0589. The third kappa shape index (κ3) is 3.27. The molecule has 1 atom stereocenters. The van der Waals surface area contributed by atoms with Crippen LogP contribution in [0.25, 0.3) is 0 Å². The summed E-state index contributed by atoms with van der Waals surface area (Å²) in [5.41, 5.74) is 8.33. The number of nitrogens with two attached hydrogens (primary N) is 1. The topological polar surface area (TPSA) is 51.8 Å². The molecule has 3 heteroatoms. The van der Waals surface area contributed by atoms with Gasteiger partial charge in [-0.2, -0.15) is 0 Å². The lowest BCUT2D eigenvalue weighted by Crippen LogP contribution is -2.16. The second kappa shape index (κ2) is 5.21. The summed E-state index contributed by atoms with van der Waals surface area (Å²) in [5, 5.41) is 0. The molecule has 0 amide bonds. The molecule has 0 bridgehead atoms. The summed E-state index contributed by atoms with van der Waals surface area (Å²) in [5.74, 6) is 1.00. The molecule has 0 spiro atoms. The van der Waals surface area contributed by atoms with Gasteiger partial charge in [-0.3, -0.25) is 0 Å². The molecular formula is C12H21N3. The fourth-order valence-corrected chi connectivity index (χ4v) is 1.75. The summed E-state index contributed by atoms with van der Waals surface area (Å²) < 4.78 is 0. The smallest absolute Gasteiger partial charge is 0.115 e. The van der Waals surface area contributed by atoms with E-state index in [1.54, 1.807) is 6.33 Å². The summed E-state index contributed by atoms with van der Waals surface area (Å²) in [6.07, 6.45) is 4.43. The van der Waals surface area contributed by atoms with Crippen molar-refractivity contribution in [3.05, 3.63) is 23.8 Å². The zero-order valence-electron chi connectivity index (χ0n) is 10.1. The van der Waals surface area contributed by atoms with Crippen LogP contribution in [0.1, 0.15) is 57.3 Å². The molecule has 1 aromatic heterocycles. The quantitative estimate of drug-likeness (QED) is 0.825. The molecule has 0 radical (unpaired) electrons. The molecule has 15 heavy (non-hydrogen) atoms. The molecule has 2 N–H and O–H groups in total. The minimum atomic E-state index is 0.0589. The SMILES string of the molecule is CC(C)CC(N)c1cncnc1C(C)C. The normalized spacial score (nSPS) is 13.5. The van der Waals surface area contributed by atoms with E-state index < -0.39 is 0 Å². The lowest BCUT2D eigenvalue weighted by atomic mass is 9.94. The van der Waals surface area contributed by atoms with Crippen LogP contribution in [0.2, 0.25) is 0 Å². The highest BCUT2D eigenvalue weighted by Gasteiger charge is 2.15. The van der Waals surface area contributed by atoms with Crippen molar-refractivity contribution < 1.29 is 0 Å². The fourth-order valence-electron chi connectivity index (χ4n) is 1.75. The third-order valence-corrected chi connectivity index (χ3v) is 2.44. The van der Waals surface area contributed by atoms with E-state index in [4.69, 9.17) is 5.73 Å². The van der Waals surface area contributed by atoms with Crippen molar-refractivity contribution in [1.82, 2.24) is 9.97 Å². The molecule has 0 saturated heterocycles. The van der Waals surface area contributed by atoms with Crippen molar-refractivity contribution in [2.24, 2.45) is 11.7 Å². The van der Waals surface area contributed by atoms with E-state index in [2.05, 4.69) is 37.7 Å². The van der Waals surface area contributed by atoms with E-state index in [1.165, 1.54) is 0 Å². The van der Waals surface area contributed by atoms with Crippen LogP contribution in [0.15, 0.2) is 12.5 Å². The summed E-state index contributed by atoms with van der Waals surface area (Å²) in [4.78, 5) is 8.38. The van der Waals surface area contributed by atoms with Crippen molar-refractivity contribution in [2.75, 3.05) is 0 Å². The molecule has 1 heterocycles. The Morgan fingerprint density at radius 2 is 1.93 bits per heavy atom. The maximum Gasteiger partial charge on any atom is 0.115 e. The van der Waals surface area contributed by atoms with Gasteiger partial charge in [0.15, 0.2) is 0 Å². The maximum absolute atomic E-state index is 6.15. The second-order valence-corrected chi connectivity index (χ2v) is 4.75. The van der Waals surface area contributed by atoms with Crippen LogP contribution in [0.3, 0.4) is 0 Å². The van der Waals surface area contributed by atoms with Gasteiger partial charge in [0, 0.05) is 17.8 Å². The van der Waals surface area contributed by atoms with Gasteiger partial charge in [0.25, 0.3) is 0 Å². The van der Waals surface area contributed by atoms with Gasteiger partial charge in [-0.15, -0.1) is 0 Å². The fraction of sp³-hybridized carbons (Fsp3) is 0.667. The first-order valence-corrected chi connectivity index (χ1v) is 5.57. The summed E-state index contributed by atoms with van der Waals surface area (Å²) >= 11 is 0. The molecule has 1 rings (SSSR count). The standard InChI is InChI=1S/C12H21N3/c1-8(2)5-11(13)10-6-14-7-15-12(10)9(3)4/h6-9,11H,5,13H2,1-4H3. The molecule has 84 valence electrons. The maximum atomic E-state index is 6.15. The van der Waals surface area contributed by atoms with Crippen LogP contribution in [-0.4, -0.2) is 9.97 Å². The number of rotatable bonds is 4. The lowest BCUT2D eigenvalue weighted by molar-refractivity contribution is 0.502. The largest absolute Gasteiger partial charge is 0.324 e. The van der Waals surface area contributed by atoms with Crippen LogP contribution in [0, 0.1) is 5.92 Å². The van der Waals surface area contributed by atoms with Crippen LogP contribution < -0.4 is 5.73 Å². The zero-order valence-corrected chi connectivity index (χ0v) is 10.1. The first-order chi connectivity index (χ1) is 7.02. The highest BCUT2D eigenvalue weighted by Crippen LogP contribution is 2.24. The van der Waals surface area contributed by atoms with Gasteiger partial charge in [0.05, 0.1) is 5.69 Å². The van der Waals surface area contributed by atoms with Gasteiger partial charge in [0.2, 0.25) is 0 Å². The highest BCUT2D eigenvalue weighted by atomic mass is 14.8. The molecule has 0 fully saturated rings. The van der Waals surface area contributed by atoms with Crippen molar-refractivity contribution in [1.29, 1.82) is 0 Å². The Balaban J connectivity index is 2.92. The summed E-state index contributed by atoms with van der Waals surface area (Å²) in [6.45, 7) is 8.62. The number of hydrogen-bond donors (Lipinski definition) is 1. The third-order valence-electron chi connectivity index (χ3n) is 2.44. The van der Waals surface area contributed by atoms with Crippen LogP contribution in [-0.2, 0) is 0 Å². The van der Waals surface area contributed by atoms with E-state index in [0.29, 0.717) is 11.8 Å². The molecule has 0 saturated carbocycles. The lowest BCUT2D eigenvalue weighted by Gasteiger charge is -2.18. The average Bonchev–Trinajstić information content (AvgIpc) is 2.16. The summed E-state index contributed by atoms with van der Waals surface area (Å²) in [6, 6.07) is 0.0589. The molecule has 3 nitrogen and oxygen atoms in total. The Bertz CT molecular complexity index is 307. The number of aromatic nitrogens is 2. The van der Waals surface area contributed by atoms with Gasteiger partial charge < -0.3 is 5.73 Å². The van der Waals surface area contributed by atoms with Crippen LogP contribution in [0.4, 0.5) is 0 Å². The number of hydrogen-bond acceptors (Lipinski definition) is 3. The molecule has 1 aromatic rings. The van der Waals surface area contributed by atoms with Crippen molar-refractivity contribution in [2.45, 2.75) is 46.1 Å². The molecule has 0 aliphatic carbocycles. The van der Waals surface area contributed by atoms with E-state index in [-0.39, 0.29) is 6.04 Å². The van der Waals surface area contributed by atoms with E-state index in [9.17, 15) is 0 Å². The van der Waals surface area contributed by atoms with Crippen LogP contribution in [0.5, 0.6) is 0 Å². The van der Waals surface area contributed by atoms with Gasteiger partial charge in [0.1, 0.15) is 6.33 Å². The predicted octanol–water partition coefficient (Wildman–Crippen LogP) is 2.65. The zero-order chi connectivity index (χ0) is 11.4. The van der Waals surface area contributed by atoms with Crippen molar-refractivity contribution in [3.63, 3.8) is 0 Å². The van der Waals surface area contributed by atoms with E-state index in [0.717, 1.165) is 17.7 Å². The van der Waals surface area contributed by atoms with Crippen LogP contribution >= 0.6 is 0 Å². The van der Waals surface area contributed by atoms with Gasteiger partial charge in [-0.25, -0.2) is 9.97 Å². The Hall–Kier alpha value is -0.960. The average molecular weight is 207 g/mol. The molecule has 0 aromatic carbocycles. The van der Waals surface area contributed by atoms with E-state index in [1.807, 2.05) is 6.20 Å². The Kier molecular flexibility index (Phi) is 4.21. The molecule has 0 aliphatic rings. The Morgan fingerprint density at radius 3 is 2.47 bits per heavy atom. The molecular weight excluding hydrogens is 186 g/mol. The molecule has 0 aliphatic heterocycles. The minimum Gasteiger partial charge on any atom is -0.324 e. The predicted molar refractivity (Wildman–Crippen MR) is 62.5 cm³/mol. The van der Waals surface area contributed by atoms with Gasteiger partial charge in [-0.1, -0.05) is 27.7 Å². The molecule has 1 unspecified atom stereocenters. The van der Waals surface area contributed by atoms with Gasteiger partial charge >= 0.3 is 0 Å². The van der Waals surface area contributed by atoms with Crippen molar-refractivity contribution >= 4 is 0 Å². The summed E-state index contributed by atoms with van der Waals surface area (Å²) in [7, 11) is 0. The Morgan fingerprint density at radius 1 is 1.27 bits per heavy atom. The monoisotopic (exact) mass is 207 g/mol. The first kappa shape index (κ1) is 12.1. The first-order valence-electron chi connectivity index (χ1n) is 5.57. The van der Waals surface area contributed by atoms with Gasteiger partial charge in [-0.05, 0) is 18.3 Å². The number of nitrogens with zero attached hydrogens (tertiary/aromatic N) is 2. The second-order valence-electron chi connectivity index (χ2n) is 4.75.